The number of piperazine rings is 1. The molecule has 0 bridgehead atoms. The number of benzene rings is 2. The minimum absolute atomic E-state index is 0.184. The Morgan fingerprint density at radius 1 is 0.971 bits per heavy atom. The fourth-order valence-corrected chi connectivity index (χ4v) is 4.59. The van der Waals surface area contributed by atoms with Crippen LogP contribution in [0.1, 0.15) is 37.6 Å². The molecule has 0 amide bonds. The maximum Gasteiger partial charge on any atom is 0.137 e. The summed E-state index contributed by atoms with van der Waals surface area (Å²) in [5.41, 5.74) is 3.42. The van der Waals surface area contributed by atoms with Crippen molar-refractivity contribution >= 4 is 5.82 Å². The van der Waals surface area contributed by atoms with Gasteiger partial charge >= 0.3 is 0 Å². The van der Waals surface area contributed by atoms with Gasteiger partial charge in [0.05, 0.1) is 11.4 Å². The van der Waals surface area contributed by atoms with E-state index in [9.17, 15) is 8.78 Å². The molecule has 3 aromatic rings. The van der Waals surface area contributed by atoms with Crippen molar-refractivity contribution in [2.45, 2.75) is 46.8 Å². The summed E-state index contributed by atoms with van der Waals surface area (Å²) in [6.45, 7) is 14.4. The topological polar surface area (TPSA) is 27.5 Å². The van der Waals surface area contributed by atoms with Gasteiger partial charge in [0.2, 0.25) is 0 Å². The van der Waals surface area contributed by atoms with Crippen LogP contribution in [0.2, 0.25) is 0 Å². The molecule has 182 valence electrons. The number of nitrogens with zero attached hydrogens (tertiary/aromatic N) is 5. The molecule has 0 atom stereocenters. The van der Waals surface area contributed by atoms with Gasteiger partial charge in [0.15, 0.2) is 0 Å². The van der Waals surface area contributed by atoms with Crippen LogP contribution in [-0.4, -0.2) is 58.3 Å². The first-order chi connectivity index (χ1) is 16.4. The highest BCUT2D eigenvalue weighted by atomic mass is 19.1. The molecule has 0 aliphatic carbocycles. The lowest BCUT2D eigenvalue weighted by atomic mass is 10.1. The van der Waals surface area contributed by atoms with E-state index in [-0.39, 0.29) is 17.7 Å². The van der Waals surface area contributed by atoms with E-state index >= 15 is 0 Å². The average molecular weight is 468 g/mol. The molecule has 1 aromatic heterocycles. The summed E-state index contributed by atoms with van der Waals surface area (Å²) in [4.78, 5) is 7.07. The molecule has 2 heterocycles. The molecule has 1 aliphatic heterocycles. The van der Waals surface area contributed by atoms with Crippen LogP contribution in [0.3, 0.4) is 0 Å². The number of hydrogen-bond acceptors (Lipinski definition) is 4. The molecule has 4 rings (SSSR count). The van der Waals surface area contributed by atoms with Gasteiger partial charge in [-0.2, -0.15) is 5.10 Å². The zero-order valence-electron chi connectivity index (χ0n) is 20.6. The Morgan fingerprint density at radius 3 is 2.35 bits per heavy atom. The fraction of sp³-hybridized carbons (Fsp3) is 0.444. The number of halogens is 2. The Bertz CT molecular complexity index is 1100. The molecular weight excluding hydrogens is 432 g/mol. The molecule has 0 spiro atoms. The molecule has 1 aliphatic rings. The number of anilines is 1. The van der Waals surface area contributed by atoms with Crippen molar-refractivity contribution < 1.29 is 8.78 Å². The third-order valence-electron chi connectivity index (χ3n) is 6.75. The smallest absolute Gasteiger partial charge is 0.137 e. The number of rotatable bonds is 8. The van der Waals surface area contributed by atoms with E-state index in [1.54, 1.807) is 12.1 Å². The maximum atomic E-state index is 14.4. The van der Waals surface area contributed by atoms with E-state index in [4.69, 9.17) is 5.10 Å². The van der Waals surface area contributed by atoms with Gasteiger partial charge in [0.1, 0.15) is 17.5 Å². The van der Waals surface area contributed by atoms with Gasteiger partial charge in [-0.3, -0.25) is 4.90 Å². The predicted octanol–water partition coefficient (Wildman–Crippen LogP) is 5.01. The first-order valence-electron chi connectivity index (χ1n) is 12.2. The van der Waals surface area contributed by atoms with E-state index in [2.05, 4.69) is 35.5 Å². The molecular formula is C27H35F2N5. The fourth-order valence-electron chi connectivity index (χ4n) is 4.59. The zero-order valence-corrected chi connectivity index (χ0v) is 20.6. The van der Waals surface area contributed by atoms with Gasteiger partial charge in [0, 0.05) is 56.4 Å². The summed E-state index contributed by atoms with van der Waals surface area (Å²) in [5, 5.41) is 4.87. The van der Waals surface area contributed by atoms with Crippen LogP contribution < -0.4 is 4.90 Å². The first kappa shape index (κ1) is 24.4. The Hall–Kier alpha value is -2.77. The lowest BCUT2D eigenvalue weighted by Gasteiger charge is -2.36. The van der Waals surface area contributed by atoms with Crippen LogP contribution in [-0.2, 0) is 13.1 Å². The van der Waals surface area contributed by atoms with Gasteiger partial charge < -0.3 is 9.80 Å². The molecule has 7 heteroatoms. The first-order valence-corrected chi connectivity index (χ1v) is 12.2. The third-order valence-corrected chi connectivity index (χ3v) is 6.75. The second-order valence-corrected chi connectivity index (χ2v) is 9.29. The zero-order chi connectivity index (χ0) is 24.2. The summed E-state index contributed by atoms with van der Waals surface area (Å²) in [6, 6.07) is 13.8. The lowest BCUT2D eigenvalue weighted by Crippen LogP contribution is -2.47. The molecule has 34 heavy (non-hydrogen) atoms. The summed E-state index contributed by atoms with van der Waals surface area (Å²) >= 11 is 0. The second kappa shape index (κ2) is 10.7. The van der Waals surface area contributed by atoms with Gasteiger partial charge in [0.25, 0.3) is 0 Å². The number of hydrogen-bond donors (Lipinski definition) is 0. The van der Waals surface area contributed by atoms with Gasteiger partial charge in [-0.15, -0.1) is 0 Å². The largest absolute Gasteiger partial charge is 0.354 e. The van der Waals surface area contributed by atoms with Gasteiger partial charge in [-0.1, -0.05) is 31.2 Å². The minimum atomic E-state index is -0.280. The number of aromatic nitrogens is 2. The summed E-state index contributed by atoms with van der Waals surface area (Å²) < 4.78 is 30.5. The highest BCUT2D eigenvalue weighted by Gasteiger charge is 2.27. The van der Waals surface area contributed by atoms with Crippen LogP contribution in [0.15, 0.2) is 48.5 Å². The predicted molar refractivity (Wildman–Crippen MR) is 133 cm³/mol. The Kier molecular flexibility index (Phi) is 7.63. The quantitative estimate of drug-likeness (QED) is 0.465. The summed E-state index contributed by atoms with van der Waals surface area (Å²) in [6.07, 6.45) is 0. The molecule has 2 aromatic carbocycles. The van der Waals surface area contributed by atoms with E-state index in [0.29, 0.717) is 24.3 Å². The van der Waals surface area contributed by atoms with Gasteiger partial charge in [-0.05, 0) is 51.6 Å². The van der Waals surface area contributed by atoms with Gasteiger partial charge in [-0.25, -0.2) is 13.5 Å². The van der Waals surface area contributed by atoms with Crippen LogP contribution in [0.25, 0.3) is 5.69 Å². The molecule has 0 radical (unpaired) electrons. The van der Waals surface area contributed by atoms with Crippen molar-refractivity contribution in [3.8, 4) is 5.69 Å². The van der Waals surface area contributed by atoms with Crippen molar-refractivity contribution in [3.05, 3.63) is 77.0 Å². The number of likely N-dealkylation sites (N-methyl/N-ethyl adjacent to an activating group) is 1. The molecule has 1 saturated heterocycles. The second-order valence-electron chi connectivity index (χ2n) is 9.29. The molecule has 1 fully saturated rings. The Labute approximate surface area is 201 Å². The van der Waals surface area contributed by atoms with Crippen molar-refractivity contribution in [1.29, 1.82) is 0 Å². The molecule has 0 unspecified atom stereocenters. The van der Waals surface area contributed by atoms with Crippen molar-refractivity contribution in [1.82, 2.24) is 19.6 Å². The van der Waals surface area contributed by atoms with Crippen LogP contribution >= 0.6 is 0 Å². The maximum absolute atomic E-state index is 14.4. The van der Waals surface area contributed by atoms with E-state index in [1.807, 2.05) is 29.8 Å². The highest BCUT2D eigenvalue weighted by Crippen LogP contribution is 2.31. The van der Waals surface area contributed by atoms with Crippen LogP contribution in [0.5, 0.6) is 0 Å². The molecule has 5 nitrogen and oxygen atoms in total. The third kappa shape index (κ3) is 5.31. The monoisotopic (exact) mass is 467 g/mol. The average Bonchev–Trinajstić information content (AvgIpc) is 3.16. The molecule has 0 saturated carbocycles. The van der Waals surface area contributed by atoms with E-state index in [0.717, 1.165) is 49.8 Å². The van der Waals surface area contributed by atoms with Crippen molar-refractivity contribution in [2.75, 3.05) is 37.6 Å². The Morgan fingerprint density at radius 2 is 1.71 bits per heavy atom. The number of aryl methyl sites for hydroxylation is 1. The highest BCUT2D eigenvalue weighted by molar-refractivity contribution is 5.56. The summed E-state index contributed by atoms with van der Waals surface area (Å²) in [5.74, 6) is 0.548. The standard InChI is InChI=1S/C27H35F2N5/c1-5-31-13-15-32(16-14-31)27-25(21(4)30-34(27)24-11-8-10-23(28)17-24)19-33(20(2)3)18-22-9-6-7-12-26(22)29/h6-12,17,20H,5,13-16,18-19H2,1-4H3. The van der Waals surface area contributed by atoms with E-state index in [1.165, 1.54) is 18.2 Å². The van der Waals surface area contributed by atoms with E-state index < -0.39 is 0 Å². The SMILES string of the molecule is CCN1CCN(c2c(CN(Cc3ccccc3F)C(C)C)c(C)nn2-c2cccc(F)c2)CC1. The molecule has 0 N–H and O–H groups in total. The minimum Gasteiger partial charge on any atom is -0.354 e. The van der Waals surface area contributed by atoms with Crippen molar-refractivity contribution in [3.63, 3.8) is 0 Å². The van der Waals surface area contributed by atoms with Crippen LogP contribution in [0, 0.1) is 18.6 Å². The Balaban J connectivity index is 1.72. The lowest BCUT2D eigenvalue weighted by molar-refractivity contribution is 0.200. The van der Waals surface area contributed by atoms with Crippen LogP contribution in [0.4, 0.5) is 14.6 Å². The normalized spacial score (nSPS) is 15.0. The summed E-state index contributed by atoms with van der Waals surface area (Å²) in [7, 11) is 0. The van der Waals surface area contributed by atoms with Crippen molar-refractivity contribution in [2.24, 2.45) is 0 Å².